The SMILES string of the molecule is CC(=O)NCCCc1ccc(-c2csc(NC(=O)C(C)Oc3ccccc3)n2)cc1. The van der Waals surface area contributed by atoms with E-state index in [1.165, 1.54) is 23.8 Å². The molecule has 156 valence electrons. The Balaban J connectivity index is 1.52. The van der Waals surface area contributed by atoms with Crippen LogP contribution in [0.1, 0.15) is 25.8 Å². The van der Waals surface area contributed by atoms with Crippen molar-refractivity contribution in [1.82, 2.24) is 10.3 Å². The van der Waals surface area contributed by atoms with E-state index in [4.69, 9.17) is 4.74 Å². The van der Waals surface area contributed by atoms with Crippen molar-refractivity contribution in [3.05, 3.63) is 65.5 Å². The number of hydrogen-bond donors (Lipinski definition) is 2. The molecule has 0 saturated heterocycles. The summed E-state index contributed by atoms with van der Waals surface area (Å²) < 4.78 is 5.65. The van der Waals surface area contributed by atoms with E-state index in [0.29, 0.717) is 17.4 Å². The second kappa shape index (κ2) is 10.5. The van der Waals surface area contributed by atoms with E-state index < -0.39 is 6.10 Å². The molecular formula is C23H25N3O3S. The van der Waals surface area contributed by atoms with Crippen molar-refractivity contribution in [2.45, 2.75) is 32.8 Å². The van der Waals surface area contributed by atoms with Gasteiger partial charge >= 0.3 is 0 Å². The lowest BCUT2D eigenvalue weighted by Gasteiger charge is -2.13. The van der Waals surface area contributed by atoms with Crippen molar-refractivity contribution in [1.29, 1.82) is 0 Å². The van der Waals surface area contributed by atoms with E-state index in [-0.39, 0.29) is 11.8 Å². The van der Waals surface area contributed by atoms with Crippen LogP contribution >= 0.6 is 11.3 Å². The van der Waals surface area contributed by atoms with Crippen LogP contribution in [-0.2, 0) is 16.0 Å². The summed E-state index contributed by atoms with van der Waals surface area (Å²) in [5.74, 6) is 0.407. The molecule has 6 nitrogen and oxygen atoms in total. The molecule has 1 atom stereocenters. The molecule has 1 aromatic heterocycles. The van der Waals surface area contributed by atoms with E-state index in [1.807, 2.05) is 47.8 Å². The van der Waals surface area contributed by atoms with Crippen LogP contribution in [0.15, 0.2) is 60.0 Å². The summed E-state index contributed by atoms with van der Waals surface area (Å²) in [5.41, 5.74) is 3.02. The smallest absolute Gasteiger partial charge is 0.266 e. The minimum absolute atomic E-state index is 0.00204. The van der Waals surface area contributed by atoms with Crippen LogP contribution in [0.4, 0.5) is 5.13 Å². The van der Waals surface area contributed by atoms with Gasteiger partial charge in [-0.1, -0.05) is 42.5 Å². The summed E-state index contributed by atoms with van der Waals surface area (Å²) in [6.45, 7) is 3.91. The highest BCUT2D eigenvalue weighted by atomic mass is 32.1. The van der Waals surface area contributed by atoms with Gasteiger partial charge in [-0.15, -0.1) is 11.3 Å². The molecule has 3 rings (SSSR count). The van der Waals surface area contributed by atoms with Crippen molar-refractivity contribution in [3.63, 3.8) is 0 Å². The van der Waals surface area contributed by atoms with Gasteiger partial charge in [0.1, 0.15) is 5.75 Å². The minimum atomic E-state index is -0.628. The maximum absolute atomic E-state index is 12.4. The first-order chi connectivity index (χ1) is 14.5. The zero-order valence-corrected chi connectivity index (χ0v) is 17.9. The molecule has 3 aromatic rings. The third-order valence-corrected chi connectivity index (χ3v) is 5.18. The number of aryl methyl sites for hydroxylation is 1. The maximum Gasteiger partial charge on any atom is 0.266 e. The number of para-hydroxylation sites is 1. The number of amides is 2. The number of carbonyl (C=O) groups excluding carboxylic acids is 2. The van der Waals surface area contributed by atoms with Crippen LogP contribution in [0.5, 0.6) is 5.75 Å². The lowest BCUT2D eigenvalue weighted by molar-refractivity contribution is -0.122. The molecule has 0 radical (unpaired) electrons. The first kappa shape index (κ1) is 21.5. The Morgan fingerprint density at radius 2 is 1.83 bits per heavy atom. The molecular weight excluding hydrogens is 398 g/mol. The van der Waals surface area contributed by atoms with Crippen molar-refractivity contribution in [2.75, 3.05) is 11.9 Å². The monoisotopic (exact) mass is 423 g/mol. The summed E-state index contributed by atoms with van der Waals surface area (Å²) in [7, 11) is 0. The van der Waals surface area contributed by atoms with Crippen molar-refractivity contribution in [2.24, 2.45) is 0 Å². The van der Waals surface area contributed by atoms with Gasteiger partial charge in [-0.25, -0.2) is 4.98 Å². The molecule has 0 aliphatic rings. The highest BCUT2D eigenvalue weighted by Gasteiger charge is 2.16. The van der Waals surface area contributed by atoms with Crippen LogP contribution in [0, 0.1) is 0 Å². The molecule has 1 heterocycles. The van der Waals surface area contributed by atoms with Gasteiger partial charge in [0.2, 0.25) is 5.91 Å². The van der Waals surface area contributed by atoms with Crippen LogP contribution in [0.3, 0.4) is 0 Å². The number of rotatable bonds is 9. The third-order valence-electron chi connectivity index (χ3n) is 4.43. The van der Waals surface area contributed by atoms with E-state index >= 15 is 0 Å². The fourth-order valence-electron chi connectivity index (χ4n) is 2.83. The second-order valence-electron chi connectivity index (χ2n) is 6.88. The first-order valence-electron chi connectivity index (χ1n) is 9.83. The van der Waals surface area contributed by atoms with Crippen LogP contribution in [-0.4, -0.2) is 29.4 Å². The quantitative estimate of drug-likeness (QED) is 0.503. The van der Waals surface area contributed by atoms with Crippen LogP contribution in [0.25, 0.3) is 11.3 Å². The van der Waals surface area contributed by atoms with E-state index in [0.717, 1.165) is 24.1 Å². The number of anilines is 1. The van der Waals surface area contributed by atoms with Gasteiger partial charge in [0.25, 0.3) is 5.91 Å². The number of ether oxygens (including phenoxy) is 1. The third kappa shape index (κ3) is 6.42. The second-order valence-corrected chi connectivity index (χ2v) is 7.74. The standard InChI is InChI=1S/C23H25N3O3S/c1-16(29-20-8-4-3-5-9-20)22(28)26-23-25-21(15-30-23)19-12-10-18(11-13-19)7-6-14-24-17(2)27/h3-5,8-13,15-16H,6-7,14H2,1-2H3,(H,24,27)(H,25,26,28). The van der Waals surface area contributed by atoms with Crippen molar-refractivity contribution >= 4 is 28.3 Å². The van der Waals surface area contributed by atoms with Gasteiger partial charge in [-0.05, 0) is 37.5 Å². The van der Waals surface area contributed by atoms with Gasteiger partial charge in [-0.2, -0.15) is 0 Å². The van der Waals surface area contributed by atoms with Crippen molar-refractivity contribution < 1.29 is 14.3 Å². The molecule has 0 aliphatic heterocycles. The Morgan fingerprint density at radius 1 is 1.10 bits per heavy atom. The number of benzene rings is 2. The van der Waals surface area contributed by atoms with Gasteiger partial charge in [0, 0.05) is 24.4 Å². The average Bonchev–Trinajstić information content (AvgIpc) is 3.20. The molecule has 0 spiro atoms. The average molecular weight is 424 g/mol. The Kier molecular flexibility index (Phi) is 7.57. The van der Waals surface area contributed by atoms with E-state index in [1.54, 1.807) is 6.92 Å². The predicted molar refractivity (Wildman–Crippen MR) is 120 cm³/mol. The molecule has 0 fully saturated rings. The fourth-order valence-corrected chi connectivity index (χ4v) is 3.55. The van der Waals surface area contributed by atoms with Gasteiger partial charge in [-0.3, -0.25) is 14.9 Å². The summed E-state index contributed by atoms with van der Waals surface area (Å²) in [4.78, 5) is 27.8. The molecule has 0 bridgehead atoms. The Bertz CT molecular complexity index is 971. The normalized spacial score (nSPS) is 11.5. The summed E-state index contributed by atoms with van der Waals surface area (Å²) in [5, 5.41) is 8.08. The van der Waals surface area contributed by atoms with E-state index in [2.05, 4.69) is 27.8 Å². The molecule has 30 heavy (non-hydrogen) atoms. The number of thiazole rings is 1. The largest absolute Gasteiger partial charge is 0.481 e. The molecule has 2 N–H and O–H groups in total. The molecule has 2 aromatic carbocycles. The molecule has 2 amide bonds. The first-order valence-corrected chi connectivity index (χ1v) is 10.7. The molecule has 0 saturated carbocycles. The van der Waals surface area contributed by atoms with E-state index in [9.17, 15) is 9.59 Å². The Hall–Kier alpha value is -3.19. The topological polar surface area (TPSA) is 80.3 Å². The number of nitrogens with zero attached hydrogens (tertiary/aromatic N) is 1. The fraction of sp³-hybridized carbons (Fsp3) is 0.261. The number of carbonyl (C=O) groups is 2. The van der Waals surface area contributed by atoms with Crippen molar-refractivity contribution in [3.8, 4) is 17.0 Å². The summed E-state index contributed by atoms with van der Waals surface area (Å²) in [6.07, 6.45) is 1.17. The number of aromatic nitrogens is 1. The highest BCUT2D eigenvalue weighted by Crippen LogP contribution is 2.25. The predicted octanol–water partition coefficient (Wildman–Crippen LogP) is 4.28. The molecule has 7 heteroatoms. The molecule has 1 unspecified atom stereocenters. The lowest BCUT2D eigenvalue weighted by atomic mass is 10.1. The zero-order chi connectivity index (χ0) is 21.3. The minimum Gasteiger partial charge on any atom is -0.481 e. The molecule has 0 aliphatic carbocycles. The highest BCUT2D eigenvalue weighted by molar-refractivity contribution is 7.14. The van der Waals surface area contributed by atoms with Gasteiger partial charge < -0.3 is 10.1 Å². The maximum atomic E-state index is 12.4. The lowest BCUT2D eigenvalue weighted by Crippen LogP contribution is -2.30. The van der Waals surface area contributed by atoms with Gasteiger partial charge in [0.05, 0.1) is 5.69 Å². The number of hydrogen-bond acceptors (Lipinski definition) is 5. The van der Waals surface area contributed by atoms with Crippen LogP contribution < -0.4 is 15.4 Å². The summed E-state index contributed by atoms with van der Waals surface area (Å²) in [6, 6.07) is 17.4. The zero-order valence-electron chi connectivity index (χ0n) is 17.1. The number of nitrogens with one attached hydrogen (secondary N) is 2. The van der Waals surface area contributed by atoms with Gasteiger partial charge in [0.15, 0.2) is 11.2 Å². The Morgan fingerprint density at radius 3 is 2.53 bits per heavy atom. The summed E-state index contributed by atoms with van der Waals surface area (Å²) >= 11 is 1.38. The van der Waals surface area contributed by atoms with Crippen LogP contribution in [0.2, 0.25) is 0 Å². The Labute approximate surface area is 180 Å².